The maximum Gasteiger partial charge on any atom is 0.384 e. The van der Waals surface area contributed by atoms with Gasteiger partial charge >= 0.3 is 5.97 Å². The van der Waals surface area contributed by atoms with Crippen LogP contribution in [0.15, 0.2) is 18.3 Å². The summed E-state index contributed by atoms with van der Waals surface area (Å²) >= 11 is 0. The molecule has 1 aromatic rings. The van der Waals surface area contributed by atoms with Crippen LogP contribution in [0.25, 0.3) is 0 Å². The van der Waals surface area contributed by atoms with E-state index in [4.69, 9.17) is 0 Å². The molecule has 0 atom stereocenters. The van der Waals surface area contributed by atoms with Crippen molar-refractivity contribution in [3.05, 3.63) is 29.6 Å². The number of ether oxygens (including phenoxy) is 1. The molecule has 1 aromatic heterocycles. The van der Waals surface area contributed by atoms with Crippen LogP contribution in [0.5, 0.6) is 0 Å². The van der Waals surface area contributed by atoms with E-state index in [2.05, 4.69) is 21.6 Å². The first-order chi connectivity index (χ1) is 6.76. The quantitative estimate of drug-likeness (QED) is 0.365. The summed E-state index contributed by atoms with van der Waals surface area (Å²) in [6.07, 6.45) is 2.07. The third kappa shape index (κ3) is 2.72. The Labute approximate surface area is 80.9 Å². The van der Waals surface area contributed by atoms with E-state index in [9.17, 15) is 9.59 Å². The molecule has 1 rings (SSSR count). The highest BCUT2D eigenvalue weighted by atomic mass is 16.5. The second-order valence-electron chi connectivity index (χ2n) is 2.34. The summed E-state index contributed by atoms with van der Waals surface area (Å²) in [6, 6.07) is 3.13. The third-order valence-corrected chi connectivity index (χ3v) is 1.40. The average Bonchev–Trinajstić information content (AvgIpc) is 2.26. The predicted molar refractivity (Wildman–Crippen MR) is 48.5 cm³/mol. The molecular weight excluding hydrogens is 182 g/mol. The molecule has 1 heterocycles. The van der Waals surface area contributed by atoms with Gasteiger partial charge in [-0.05, 0) is 18.1 Å². The first kappa shape index (κ1) is 9.93. The zero-order valence-corrected chi connectivity index (χ0v) is 7.48. The van der Waals surface area contributed by atoms with Crippen LogP contribution in [0.3, 0.4) is 0 Å². The van der Waals surface area contributed by atoms with Gasteiger partial charge in [0.15, 0.2) is 6.29 Å². The van der Waals surface area contributed by atoms with E-state index < -0.39 is 5.97 Å². The van der Waals surface area contributed by atoms with E-state index in [-0.39, 0.29) is 0 Å². The fourth-order valence-electron chi connectivity index (χ4n) is 0.715. The van der Waals surface area contributed by atoms with Gasteiger partial charge in [-0.15, -0.1) is 0 Å². The number of pyridine rings is 1. The molecule has 0 bridgehead atoms. The maximum absolute atomic E-state index is 10.6. The lowest BCUT2D eigenvalue weighted by molar-refractivity contribution is -0.133. The molecule has 0 fully saturated rings. The largest absolute Gasteiger partial charge is 0.459 e. The lowest BCUT2D eigenvalue weighted by Crippen LogP contribution is -1.95. The summed E-state index contributed by atoms with van der Waals surface area (Å²) in [7, 11) is 1.25. The SMILES string of the molecule is COC(=O)C#Cc1ccc(C=O)cn1. The number of aromatic nitrogens is 1. The Morgan fingerprint density at radius 3 is 2.86 bits per heavy atom. The van der Waals surface area contributed by atoms with Crippen LogP contribution in [-0.4, -0.2) is 24.3 Å². The standard InChI is InChI=1S/C10H7NO3/c1-14-10(13)5-4-9-3-2-8(7-12)6-11-9/h2-3,6-7H,1H3. The molecule has 0 N–H and O–H groups in total. The van der Waals surface area contributed by atoms with E-state index >= 15 is 0 Å². The van der Waals surface area contributed by atoms with Gasteiger partial charge in [-0.25, -0.2) is 9.78 Å². The van der Waals surface area contributed by atoms with Gasteiger partial charge in [-0.3, -0.25) is 4.79 Å². The van der Waals surface area contributed by atoms with Crippen LogP contribution in [0, 0.1) is 11.8 Å². The number of rotatable bonds is 1. The monoisotopic (exact) mass is 189 g/mol. The first-order valence-corrected chi connectivity index (χ1v) is 3.77. The van der Waals surface area contributed by atoms with Crippen LogP contribution < -0.4 is 0 Å². The molecule has 0 amide bonds. The van der Waals surface area contributed by atoms with Crippen LogP contribution >= 0.6 is 0 Å². The third-order valence-electron chi connectivity index (χ3n) is 1.40. The van der Waals surface area contributed by atoms with Crippen molar-refractivity contribution in [2.24, 2.45) is 0 Å². The van der Waals surface area contributed by atoms with Crippen molar-refractivity contribution in [3.63, 3.8) is 0 Å². The number of methoxy groups -OCH3 is 1. The number of nitrogens with zero attached hydrogens (tertiary/aromatic N) is 1. The number of hydrogen-bond donors (Lipinski definition) is 0. The summed E-state index contributed by atoms with van der Waals surface area (Å²) in [5.74, 6) is 4.10. The Balaban J connectivity index is 2.81. The molecule has 70 valence electrons. The van der Waals surface area contributed by atoms with Crippen molar-refractivity contribution in [1.29, 1.82) is 0 Å². The lowest BCUT2D eigenvalue weighted by atomic mass is 10.3. The van der Waals surface area contributed by atoms with E-state index in [1.807, 2.05) is 0 Å². The van der Waals surface area contributed by atoms with Crippen molar-refractivity contribution in [2.45, 2.75) is 0 Å². The molecule has 0 unspecified atom stereocenters. The summed E-state index contributed by atoms with van der Waals surface area (Å²) in [4.78, 5) is 24.8. The van der Waals surface area contributed by atoms with Crippen molar-refractivity contribution in [1.82, 2.24) is 4.98 Å². The van der Waals surface area contributed by atoms with Gasteiger partial charge in [-0.2, -0.15) is 0 Å². The van der Waals surface area contributed by atoms with Crippen LogP contribution in [0.2, 0.25) is 0 Å². The van der Waals surface area contributed by atoms with Gasteiger partial charge in [0.1, 0.15) is 5.69 Å². The molecule has 0 aromatic carbocycles. The minimum Gasteiger partial charge on any atom is -0.459 e. The van der Waals surface area contributed by atoms with E-state index in [1.54, 1.807) is 12.1 Å². The maximum atomic E-state index is 10.6. The van der Waals surface area contributed by atoms with Crippen LogP contribution in [-0.2, 0) is 9.53 Å². The van der Waals surface area contributed by atoms with Gasteiger partial charge in [0, 0.05) is 17.7 Å². The normalized spacial score (nSPS) is 8.36. The predicted octanol–water partition coefficient (Wildman–Crippen LogP) is 0.419. The fourth-order valence-corrected chi connectivity index (χ4v) is 0.715. The molecular formula is C10H7NO3. The Hall–Kier alpha value is -2.15. The summed E-state index contributed by atoms with van der Waals surface area (Å²) < 4.78 is 4.32. The minimum absolute atomic E-state index is 0.418. The number of carbonyl (C=O) groups excluding carboxylic acids is 2. The van der Waals surface area contributed by atoms with E-state index in [0.717, 1.165) is 0 Å². The first-order valence-electron chi connectivity index (χ1n) is 3.77. The van der Waals surface area contributed by atoms with E-state index in [1.165, 1.54) is 13.3 Å². The molecule has 4 heteroatoms. The van der Waals surface area contributed by atoms with Gasteiger partial charge < -0.3 is 4.74 Å². The highest BCUT2D eigenvalue weighted by Gasteiger charge is 1.92. The number of aldehydes is 1. The van der Waals surface area contributed by atoms with Crippen LogP contribution in [0.4, 0.5) is 0 Å². The summed E-state index contributed by atoms with van der Waals surface area (Å²) in [5.41, 5.74) is 0.884. The van der Waals surface area contributed by atoms with Gasteiger partial charge in [0.2, 0.25) is 0 Å². The molecule has 0 spiro atoms. The highest BCUT2D eigenvalue weighted by Crippen LogP contribution is 1.95. The van der Waals surface area contributed by atoms with Gasteiger partial charge in [0.05, 0.1) is 7.11 Å². The smallest absolute Gasteiger partial charge is 0.384 e. The number of esters is 1. The molecule has 14 heavy (non-hydrogen) atoms. The van der Waals surface area contributed by atoms with Crippen molar-refractivity contribution in [2.75, 3.05) is 7.11 Å². The second-order valence-corrected chi connectivity index (χ2v) is 2.34. The van der Waals surface area contributed by atoms with Crippen LogP contribution in [0.1, 0.15) is 16.1 Å². The van der Waals surface area contributed by atoms with E-state index in [0.29, 0.717) is 17.5 Å². The minimum atomic E-state index is -0.619. The molecule has 4 nitrogen and oxygen atoms in total. The molecule has 0 saturated heterocycles. The van der Waals surface area contributed by atoms with Gasteiger partial charge in [0.25, 0.3) is 0 Å². The highest BCUT2D eigenvalue weighted by molar-refractivity contribution is 5.88. The zero-order valence-electron chi connectivity index (χ0n) is 7.48. The zero-order chi connectivity index (χ0) is 10.4. The van der Waals surface area contributed by atoms with Crippen molar-refractivity contribution in [3.8, 4) is 11.8 Å². The Kier molecular flexibility index (Phi) is 3.39. The molecule has 0 aliphatic heterocycles. The summed E-state index contributed by atoms with van der Waals surface area (Å²) in [5, 5.41) is 0. The average molecular weight is 189 g/mol. The Morgan fingerprint density at radius 1 is 1.57 bits per heavy atom. The van der Waals surface area contributed by atoms with Gasteiger partial charge in [-0.1, -0.05) is 0 Å². The molecule has 0 aliphatic carbocycles. The molecule has 0 radical (unpaired) electrons. The summed E-state index contributed by atoms with van der Waals surface area (Å²) in [6.45, 7) is 0. The number of carbonyl (C=O) groups is 2. The molecule has 0 saturated carbocycles. The lowest BCUT2D eigenvalue weighted by Gasteiger charge is -1.89. The fraction of sp³-hybridized carbons (Fsp3) is 0.100. The topological polar surface area (TPSA) is 56.3 Å². The second kappa shape index (κ2) is 4.77. The Bertz CT molecular complexity index is 398. The van der Waals surface area contributed by atoms with Crippen molar-refractivity contribution < 1.29 is 14.3 Å². The molecule has 0 aliphatic rings. The van der Waals surface area contributed by atoms with Crippen molar-refractivity contribution >= 4 is 12.3 Å². The Morgan fingerprint density at radius 2 is 2.36 bits per heavy atom. The number of hydrogen-bond acceptors (Lipinski definition) is 4.